The van der Waals surface area contributed by atoms with Crippen molar-refractivity contribution < 1.29 is 21.7 Å². The van der Waals surface area contributed by atoms with Crippen LogP contribution >= 0.6 is 0 Å². The minimum atomic E-state index is 0. The summed E-state index contributed by atoms with van der Waals surface area (Å²) < 4.78 is 0. The van der Waals surface area contributed by atoms with E-state index in [2.05, 4.69) is 6.58 Å². The van der Waals surface area contributed by atoms with Gasteiger partial charge in [0.25, 0.3) is 0 Å². The first kappa shape index (κ1) is 19.5. The summed E-state index contributed by atoms with van der Waals surface area (Å²) >= 11 is 0. The number of rotatable bonds is 2. The second kappa shape index (κ2) is 16.1. The Labute approximate surface area is 123 Å². The molecule has 1 nitrogen and oxygen atoms in total. The summed E-state index contributed by atoms with van der Waals surface area (Å²) in [7, 11) is 0. The van der Waals surface area contributed by atoms with E-state index in [0.717, 1.165) is 0 Å². The predicted molar refractivity (Wildman–Crippen MR) is 71.9 cm³/mol. The molecule has 2 fully saturated rings. The fourth-order valence-corrected chi connectivity index (χ4v) is 0.850. The molecular formula is C15H18NTi-. The van der Waals surface area contributed by atoms with Crippen molar-refractivity contribution in [1.82, 2.24) is 0 Å². The molecule has 2 saturated carbocycles. The topological polar surface area (TPSA) is 22.3 Å². The molecule has 0 bridgehead atoms. The van der Waals surface area contributed by atoms with Gasteiger partial charge in [-0.15, -0.1) is 6.58 Å². The summed E-state index contributed by atoms with van der Waals surface area (Å²) in [5.74, 6) is 0. The van der Waals surface area contributed by atoms with Crippen molar-refractivity contribution in [1.29, 1.82) is 0 Å². The Morgan fingerprint density at radius 1 is 0.882 bits per heavy atom. The number of hydrogen-bond donors (Lipinski definition) is 0. The van der Waals surface area contributed by atoms with Crippen molar-refractivity contribution >= 4 is 5.71 Å². The molecule has 2 aliphatic rings. The second-order valence-electron chi connectivity index (χ2n) is 3.15. The first-order valence-electron chi connectivity index (χ1n) is 5.23. The monoisotopic (exact) mass is 260 g/mol. The van der Waals surface area contributed by atoms with E-state index in [1.165, 1.54) is 0 Å². The summed E-state index contributed by atoms with van der Waals surface area (Å²) in [6, 6.07) is 0. The zero-order valence-corrected chi connectivity index (χ0v) is 11.8. The van der Waals surface area contributed by atoms with Gasteiger partial charge < -0.3 is 5.41 Å². The Bertz CT molecular complexity index is 145. The normalized spacial score (nSPS) is 16.8. The fraction of sp³-hybridized carbons (Fsp3) is 0.133. The number of nitrogens with zero attached hydrogens (tertiary/aromatic N) is 1. The molecule has 0 aromatic heterocycles. The van der Waals surface area contributed by atoms with Gasteiger partial charge in [-0.25, -0.2) is 5.71 Å². The van der Waals surface area contributed by atoms with Crippen LogP contribution in [-0.2, 0) is 21.7 Å². The largest absolute Gasteiger partial charge is 0.811 e. The van der Waals surface area contributed by atoms with Crippen LogP contribution in [-0.4, -0.2) is 5.71 Å². The van der Waals surface area contributed by atoms with Crippen LogP contribution in [0.1, 0.15) is 13.3 Å². The SMILES string of the molecule is C=CCC(C)=[N-].[CH]1[CH][CH][CH][CH]1.[CH]1[CH][CH][CH][CH]1.[Ti]. The standard InChI is InChI=1S/C5H8N.2C5H5.Ti/c1-3-4-5(2)6;2*1-2-4-5-3-1;/h3H,1,4H2,2H3;2*1-5H;/q-1;;;. The molecule has 0 N–H and O–H groups in total. The van der Waals surface area contributed by atoms with Gasteiger partial charge in [0.2, 0.25) is 0 Å². The molecule has 0 aromatic rings. The molecule has 0 saturated heterocycles. The maximum absolute atomic E-state index is 8.40. The van der Waals surface area contributed by atoms with Crippen LogP contribution in [0.2, 0.25) is 0 Å². The van der Waals surface area contributed by atoms with Crippen LogP contribution in [0.25, 0.3) is 5.41 Å². The molecule has 0 atom stereocenters. The van der Waals surface area contributed by atoms with E-state index in [0.29, 0.717) is 12.1 Å². The minimum absolute atomic E-state index is 0. The second-order valence-corrected chi connectivity index (χ2v) is 3.15. The smallest absolute Gasteiger partial charge is 0 e. The van der Waals surface area contributed by atoms with E-state index in [1.807, 2.05) is 64.2 Å². The van der Waals surface area contributed by atoms with Crippen molar-refractivity contribution in [2.24, 2.45) is 0 Å². The van der Waals surface area contributed by atoms with E-state index in [-0.39, 0.29) is 21.7 Å². The molecule has 0 spiro atoms. The first-order chi connectivity index (χ1) is 7.77. The van der Waals surface area contributed by atoms with Gasteiger partial charge in [0.1, 0.15) is 0 Å². The van der Waals surface area contributed by atoms with E-state index in [1.54, 1.807) is 13.0 Å². The van der Waals surface area contributed by atoms with Gasteiger partial charge >= 0.3 is 0 Å². The van der Waals surface area contributed by atoms with Gasteiger partial charge in [-0.1, -0.05) is 13.0 Å². The third-order valence-corrected chi connectivity index (χ3v) is 1.55. The van der Waals surface area contributed by atoms with Gasteiger partial charge in [0.05, 0.1) is 0 Å². The molecule has 88 valence electrons. The Morgan fingerprint density at radius 2 is 1.12 bits per heavy atom. The quantitative estimate of drug-likeness (QED) is 0.411. The van der Waals surface area contributed by atoms with Crippen molar-refractivity contribution in [3.63, 3.8) is 0 Å². The maximum atomic E-state index is 8.40. The Morgan fingerprint density at radius 3 is 1.18 bits per heavy atom. The van der Waals surface area contributed by atoms with Crippen molar-refractivity contribution in [3.8, 4) is 0 Å². The zero-order valence-electron chi connectivity index (χ0n) is 10.2. The molecule has 2 aliphatic carbocycles. The van der Waals surface area contributed by atoms with E-state index < -0.39 is 0 Å². The summed E-state index contributed by atoms with van der Waals surface area (Å²) in [6.45, 7) is 5.07. The molecule has 0 unspecified atom stereocenters. The molecule has 10 radical (unpaired) electrons. The third kappa shape index (κ3) is 18.7. The molecule has 0 aromatic carbocycles. The molecule has 0 aliphatic heterocycles. The van der Waals surface area contributed by atoms with Crippen molar-refractivity contribution in [3.05, 3.63) is 82.3 Å². The predicted octanol–water partition coefficient (Wildman–Crippen LogP) is 3.63. The van der Waals surface area contributed by atoms with Crippen LogP contribution < -0.4 is 0 Å². The summed E-state index contributed by atoms with van der Waals surface area (Å²) in [4.78, 5) is 0. The summed E-state index contributed by atoms with van der Waals surface area (Å²) in [5, 5.41) is 8.40. The van der Waals surface area contributed by atoms with E-state index >= 15 is 0 Å². The molecule has 2 heteroatoms. The molecule has 17 heavy (non-hydrogen) atoms. The van der Waals surface area contributed by atoms with Crippen LogP contribution in [0, 0.1) is 64.2 Å². The van der Waals surface area contributed by atoms with Crippen molar-refractivity contribution in [2.75, 3.05) is 0 Å². The van der Waals surface area contributed by atoms with E-state index in [9.17, 15) is 0 Å². The van der Waals surface area contributed by atoms with Crippen LogP contribution in [0.5, 0.6) is 0 Å². The van der Waals surface area contributed by atoms with Crippen LogP contribution in [0.3, 0.4) is 0 Å². The maximum Gasteiger partial charge on any atom is 0 e. The summed E-state index contributed by atoms with van der Waals surface area (Å²) in [5.41, 5.74) is 0.421. The molecule has 2 rings (SSSR count). The average molecular weight is 260 g/mol. The van der Waals surface area contributed by atoms with Gasteiger partial charge in [-0.3, -0.25) is 0 Å². The minimum Gasteiger partial charge on any atom is -0.811 e. The van der Waals surface area contributed by atoms with E-state index in [4.69, 9.17) is 5.41 Å². The van der Waals surface area contributed by atoms with Gasteiger partial charge in [-0.05, 0) is 70.6 Å². The zero-order chi connectivity index (χ0) is 12.1. The Balaban J connectivity index is 0. The van der Waals surface area contributed by atoms with Crippen LogP contribution in [0.15, 0.2) is 12.7 Å². The van der Waals surface area contributed by atoms with Gasteiger partial charge in [-0.2, -0.15) is 0 Å². The third-order valence-electron chi connectivity index (χ3n) is 1.55. The van der Waals surface area contributed by atoms with Gasteiger partial charge in [0, 0.05) is 21.7 Å². The molecule has 0 amide bonds. The van der Waals surface area contributed by atoms with Crippen LogP contribution in [0.4, 0.5) is 0 Å². The Kier molecular flexibility index (Phi) is 18.5. The molecule has 0 heterocycles. The average Bonchev–Trinajstić information content (AvgIpc) is 2.98. The Hall–Kier alpha value is 0.124. The number of allylic oxidation sites excluding steroid dienone is 1. The molecular weight excluding hydrogens is 242 g/mol. The fourth-order valence-electron chi connectivity index (χ4n) is 0.850. The van der Waals surface area contributed by atoms with Crippen molar-refractivity contribution in [2.45, 2.75) is 13.3 Å². The van der Waals surface area contributed by atoms with Gasteiger partial charge in [0.15, 0.2) is 0 Å². The first-order valence-corrected chi connectivity index (χ1v) is 5.23. The summed E-state index contributed by atoms with van der Waals surface area (Å²) in [6.07, 6.45) is 22.3. The number of hydrogen-bond acceptors (Lipinski definition) is 0.